The monoisotopic (exact) mass is 385 g/mol. The fraction of sp³-hybridized carbons (Fsp3) is 0.263. The number of carboxylic acids is 1. The number of benzene rings is 1. The first kappa shape index (κ1) is 18.8. The molecule has 0 aliphatic heterocycles. The van der Waals surface area contributed by atoms with Crippen LogP contribution in [0.15, 0.2) is 29.3 Å². The van der Waals surface area contributed by atoms with Gasteiger partial charge < -0.3 is 10.4 Å². The molecule has 140 valence electrons. The number of rotatable bonds is 4. The van der Waals surface area contributed by atoms with E-state index in [0.717, 1.165) is 27.0 Å². The Morgan fingerprint density at radius 2 is 1.96 bits per heavy atom. The van der Waals surface area contributed by atoms with Gasteiger partial charge in [0.1, 0.15) is 10.9 Å². The van der Waals surface area contributed by atoms with Gasteiger partial charge >= 0.3 is 5.97 Å². The van der Waals surface area contributed by atoms with Gasteiger partial charge in [-0.25, -0.2) is 9.78 Å². The number of nitrogens with one attached hydrogen (secondary N) is 1. The molecule has 0 fully saturated rings. The summed E-state index contributed by atoms with van der Waals surface area (Å²) in [6.45, 7) is 6.97. The minimum absolute atomic E-state index is 0.279. The number of carbonyl (C=O) groups excluding carboxylic acids is 1. The molecule has 0 radical (unpaired) electrons. The maximum atomic E-state index is 12.7. The van der Waals surface area contributed by atoms with Crippen molar-refractivity contribution in [2.75, 3.05) is 5.32 Å². The molecule has 2 aromatic heterocycles. The molecule has 0 aliphatic rings. The smallest absolute Gasteiger partial charge is 0.326 e. The lowest BCUT2D eigenvalue weighted by Crippen LogP contribution is -2.28. The number of nitrogens with zero attached hydrogens (tertiary/aromatic N) is 2. The largest absolute Gasteiger partial charge is 0.480 e. The van der Waals surface area contributed by atoms with Crippen LogP contribution in [0.3, 0.4) is 0 Å². The second-order valence-corrected chi connectivity index (χ2v) is 7.48. The highest BCUT2D eigenvalue weighted by atomic mass is 32.1. The van der Waals surface area contributed by atoms with Gasteiger partial charge in [-0.15, -0.1) is 11.3 Å². The van der Waals surface area contributed by atoms with Crippen molar-refractivity contribution in [3.8, 4) is 0 Å². The van der Waals surface area contributed by atoms with Crippen LogP contribution in [0.1, 0.15) is 39.3 Å². The molecule has 1 amide bonds. The van der Waals surface area contributed by atoms with Crippen molar-refractivity contribution in [2.45, 2.75) is 33.7 Å². The van der Waals surface area contributed by atoms with Crippen LogP contribution >= 0.6 is 11.3 Å². The summed E-state index contributed by atoms with van der Waals surface area (Å²) in [5.74, 6) is -1.45. The van der Waals surface area contributed by atoms with E-state index in [1.54, 1.807) is 6.92 Å². The van der Waals surface area contributed by atoms with Crippen molar-refractivity contribution in [3.05, 3.63) is 56.4 Å². The van der Waals surface area contributed by atoms with E-state index in [9.17, 15) is 14.4 Å². The molecule has 2 heterocycles. The Kier molecular flexibility index (Phi) is 4.84. The summed E-state index contributed by atoms with van der Waals surface area (Å²) < 4.78 is 1.07. The summed E-state index contributed by atoms with van der Waals surface area (Å²) in [5.41, 5.74) is 2.78. The predicted molar refractivity (Wildman–Crippen MR) is 105 cm³/mol. The van der Waals surface area contributed by atoms with Gasteiger partial charge in [-0.2, -0.15) is 0 Å². The van der Waals surface area contributed by atoms with Crippen LogP contribution < -0.4 is 10.9 Å². The predicted octanol–water partition coefficient (Wildman–Crippen LogP) is 3.28. The molecule has 2 N–H and O–H groups in total. The average Bonchev–Trinajstić information content (AvgIpc) is 2.94. The van der Waals surface area contributed by atoms with Crippen LogP contribution in [0.4, 0.5) is 5.69 Å². The Morgan fingerprint density at radius 3 is 2.59 bits per heavy atom. The minimum atomic E-state index is -1.13. The van der Waals surface area contributed by atoms with Crippen LogP contribution in [0.25, 0.3) is 10.2 Å². The molecule has 0 saturated heterocycles. The second kappa shape index (κ2) is 6.96. The zero-order valence-electron chi connectivity index (χ0n) is 15.4. The average molecular weight is 385 g/mol. The molecule has 0 spiro atoms. The fourth-order valence-electron chi connectivity index (χ4n) is 2.88. The van der Waals surface area contributed by atoms with Crippen molar-refractivity contribution in [1.29, 1.82) is 0 Å². The second-order valence-electron chi connectivity index (χ2n) is 6.48. The normalized spacial score (nSPS) is 12.1. The number of hydrogen-bond donors (Lipinski definition) is 2. The molecule has 1 aromatic carbocycles. The van der Waals surface area contributed by atoms with E-state index >= 15 is 0 Å². The molecule has 0 saturated carbocycles. The third-order valence-electron chi connectivity index (χ3n) is 4.49. The van der Waals surface area contributed by atoms with Crippen molar-refractivity contribution >= 4 is 39.1 Å². The Labute approximate surface area is 159 Å². The molecule has 8 heteroatoms. The molecule has 1 unspecified atom stereocenters. The molecular weight excluding hydrogens is 366 g/mol. The topological polar surface area (TPSA) is 101 Å². The molecular formula is C19H19N3O4S. The van der Waals surface area contributed by atoms with E-state index in [2.05, 4.69) is 10.3 Å². The van der Waals surface area contributed by atoms with Crippen LogP contribution in [-0.2, 0) is 4.79 Å². The lowest BCUT2D eigenvalue weighted by Gasteiger charge is -2.09. The summed E-state index contributed by atoms with van der Waals surface area (Å²) in [5, 5.41) is 12.3. The SMILES string of the molecule is Cc1ccc(NC(=O)c2sc3ncn(C(C)C(=O)O)c(=O)c3c2C)c(C)c1. The van der Waals surface area contributed by atoms with Crippen LogP contribution in [-0.4, -0.2) is 26.5 Å². The number of amides is 1. The third kappa shape index (κ3) is 3.35. The van der Waals surface area contributed by atoms with Gasteiger partial charge in [-0.3, -0.25) is 14.2 Å². The van der Waals surface area contributed by atoms with Crippen molar-refractivity contribution in [3.63, 3.8) is 0 Å². The van der Waals surface area contributed by atoms with Crippen molar-refractivity contribution in [2.24, 2.45) is 0 Å². The van der Waals surface area contributed by atoms with E-state index in [0.29, 0.717) is 21.0 Å². The van der Waals surface area contributed by atoms with Gasteiger partial charge in [0, 0.05) is 5.69 Å². The number of aromatic nitrogens is 2. The molecule has 0 bridgehead atoms. The van der Waals surface area contributed by atoms with Crippen LogP contribution in [0.5, 0.6) is 0 Å². The number of aryl methyl sites for hydroxylation is 3. The Bertz CT molecular complexity index is 1130. The zero-order chi connectivity index (χ0) is 19.9. The van der Waals surface area contributed by atoms with Crippen LogP contribution in [0, 0.1) is 20.8 Å². The fourth-order valence-corrected chi connectivity index (χ4v) is 3.92. The van der Waals surface area contributed by atoms with E-state index in [4.69, 9.17) is 5.11 Å². The first-order valence-corrected chi connectivity index (χ1v) is 9.14. The highest BCUT2D eigenvalue weighted by molar-refractivity contribution is 7.20. The maximum absolute atomic E-state index is 12.7. The molecule has 3 aromatic rings. The number of anilines is 1. The van der Waals surface area contributed by atoms with E-state index in [-0.39, 0.29) is 11.3 Å². The summed E-state index contributed by atoms with van der Waals surface area (Å²) in [7, 11) is 0. The zero-order valence-corrected chi connectivity index (χ0v) is 16.2. The van der Waals surface area contributed by atoms with Crippen molar-refractivity contribution < 1.29 is 14.7 Å². The van der Waals surface area contributed by atoms with Gasteiger partial charge in [0.25, 0.3) is 11.5 Å². The standard InChI is InChI=1S/C19H19N3O4S/c1-9-5-6-13(10(2)7-9)21-16(23)15-11(3)14-17(27-15)20-8-22(18(14)24)12(4)19(25)26/h5-8,12H,1-4H3,(H,21,23)(H,25,26). The number of fused-ring (bicyclic) bond motifs is 1. The van der Waals surface area contributed by atoms with E-state index in [1.807, 2.05) is 32.0 Å². The molecule has 7 nitrogen and oxygen atoms in total. The van der Waals surface area contributed by atoms with Gasteiger partial charge in [0.2, 0.25) is 0 Å². The van der Waals surface area contributed by atoms with E-state index in [1.165, 1.54) is 13.3 Å². The highest BCUT2D eigenvalue weighted by Gasteiger charge is 2.22. The first-order valence-electron chi connectivity index (χ1n) is 8.32. The number of carboxylic acid groups (broad SMARTS) is 1. The summed E-state index contributed by atoms with van der Waals surface area (Å²) in [4.78, 5) is 41.6. The van der Waals surface area contributed by atoms with Crippen LogP contribution in [0.2, 0.25) is 0 Å². The number of carbonyl (C=O) groups is 2. The van der Waals surface area contributed by atoms with Gasteiger partial charge in [-0.05, 0) is 44.9 Å². The summed E-state index contributed by atoms with van der Waals surface area (Å²) >= 11 is 1.12. The summed E-state index contributed by atoms with van der Waals surface area (Å²) in [6.07, 6.45) is 1.21. The molecule has 1 atom stereocenters. The number of hydrogen-bond acceptors (Lipinski definition) is 5. The molecule has 0 aliphatic carbocycles. The quantitative estimate of drug-likeness (QED) is 0.718. The lowest BCUT2D eigenvalue weighted by molar-refractivity contribution is -0.140. The maximum Gasteiger partial charge on any atom is 0.326 e. The lowest BCUT2D eigenvalue weighted by atomic mass is 10.1. The Balaban J connectivity index is 2.04. The number of thiophene rings is 1. The third-order valence-corrected chi connectivity index (χ3v) is 5.69. The van der Waals surface area contributed by atoms with E-state index < -0.39 is 17.6 Å². The highest BCUT2D eigenvalue weighted by Crippen LogP contribution is 2.28. The van der Waals surface area contributed by atoms with Gasteiger partial charge in [0.05, 0.1) is 16.6 Å². The molecule has 3 rings (SSSR count). The molecule has 27 heavy (non-hydrogen) atoms. The summed E-state index contributed by atoms with van der Waals surface area (Å²) in [6, 6.07) is 4.68. The van der Waals surface area contributed by atoms with Gasteiger partial charge in [-0.1, -0.05) is 17.7 Å². The number of aliphatic carboxylic acids is 1. The van der Waals surface area contributed by atoms with Crippen molar-refractivity contribution in [1.82, 2.24) is 9.55 Å². The Hall–Kier alpha value is -3.00. The minimum Gasteiger partial charge on any atom is -0.480 e. The Morgan fingerprint density at radius 1 is 1.26 bits per heavy atom. The first-order chi connectivity index (χ1) is 12.7. The van der Waals surface area contributed by atoms with Gasteiger partial charge in [0.15, 0.2) is 0 Å².